The third-order valence-electron chi connectivity index (χ3n) is 3.46. The summed E-state index contributed by atoms with van der Waals surface area (Å²) in [5, 5.41) is 1.53. The number of aryl methyl sites for hydroxylation is 1. The molecule has 1 N–H and O–H groups in total. The van der Waals surface area contributed by atoms with Crippen molar-refractivity contribution in [3.8, 4) is 0 Å². The van der Waals surface area contributed by atoms with Crippen LogP contribution in [0.25, 0.3) is 10.9 Å². The van der Waals surface area contributed by atoms with Gasteiger partial charge in [-0.1, -0.05) is 11.6 Å². The minimum Gasteiger partial charge on any atom is -0.378 e. The number of hydrogen-bond acceptors (Lipinski definition) is 2. The van der Waals surface area contributed by atoms with Crippen molar-refractivity contribution in [2.24, 2.45) is 0 Å². The molecule has 1 aliphatic heterocycles. The number of fused-ring (bicyclic) bond motifs is 1. The SMILES string of the molecule is Cc1[nH]c2ccc(Cl)cc2c1C(=O)N1CCOCC1. The lowest BCUT2D eigenvalue weighted by molar-refractivity contribution is 0.0303. The maximum Gasteiger partial charge on any atom is 0.256 e. The van der Waals surface area contributed by atoms with Crippen LogP contribution >= 0.6 is 11.6 Å². The smallest absolute Gasteiger partial charge is 0.256 e. The Morgan fingerprint density at radius 3 is 2.84 bits per heavy atom. The lowest BCUT2D eigenvalue weighted by atomic mass is 10.1. The number of nitrogens with one attached hydrogen (secondary N) is 1. The topological polar surface area (TPSA) is 45.3 Å². The fourth-order valence-corrected chi connectivity index (χ4v) is 2.67. The molecule has 5 heteroatoms. The lowest BCUT2D eigenvalue weighted by Gasteiger charge is -2.27. The molecule has 0 saturated carbocycles. The van der Waals surface area contributed by atoms with Crippen LogP contribution in [0, 0.1) is 6.92 Å². The van der Waals surface area contributed by atoms with Crippen molar-refractivity contribution in [1.29, 1.82) is 0 Å². The summed E-state index contributed by atoms with van der Waals surface area (Å²) in [4.78, 5) is 17.7. The number of ether oxygens (including phenoxy) is 1. The highest BCUT2D eigenvalue weighted by molar-refractivity contribution is 6.31. The Morgan fingerprint density at radius 2 is 2.11 bits per heavy atom. The van der Waals surface area contributed by atoms with Crippen LogP contribution in [0.15, 0.2) is 18.2 Å². The van der Waals surface area contributed by atoms with Gasteiger partial charge >= 0.3 is 0 Å². The first-order valence-corrected chi connectivity index (χ1v) is 6.69. The minimum absolute atomic E-state index is 0.0503. The van der Waals surface area contributed by atoms with E-state index in [9.17, 15) is 4.79 Å². The summed E-state index contributed by atoms with van der Waals surface area (Å²) in [5.41, 5.74) is 2.55. The van der Waals surface area contributed by atoms with Gasteiger partial charge in [-0.25, -0.2) is 0 Å². The van der Waals surface area contributed by atoms with Crippen LogP contribution in [0.4, 0.5) is 0 Å². The van der Waals surface area contributed by atoms with Crippen molar-refractivity contribution < 1.29 is 9.53 Å². The molecule has 0 unspecified atom stereocenters. The predicted molar refractivity (Wildman–Crippen MR) is 74.8 cm³/mol. The molecule has 1 aromatic carbocycles. The van der Waals surface area contributed by atoms with Crippen molar-refractivity contribution in [3.63, 3.8) is 0 Å². The number of H-pyrrole nitrogens is 1. The highest BCUT2D eigenvalue weighted by Crippen LogP contribution is 2.26. The van der Waals surface area contributed by atoms with Crippen LogP contribution in [-0.4, -0.2) is 42.1 Å². The Morgan fingerprint density at radius 1 is 1.37 bits per heavy atom. The van der Waals surface area contributed by atoms with Gasteiger partial charge in [0, 0.05) is 34.7 Å². The first-order chi connectivity index (χ1) is 9.16. The van der Waals surface area contributed by atoms with Crippen LogP contribution in [-0.2, 0) is 4.74 Å². The maximum absolute atomic E-state index is 12.6. The van der Waals surface area contributed by atoms with Crippen LogP contribution in [0.1, 0.15) is 16.1 Å². The number of morpholine rings is 1. The van der Waals surface area contributed by atoms with E-state index in [2.05, 4.69) is 4.98 Å². The quantitative estimate of drug-likeness (QED) is 0.871. The molecule has 0 aliphatic carbocycles. The van der Waals surface area contributed by atoms with E-state index < -0.39 is 0 Å². The standard InChI is InChI=1S/C14H15ClN2O2/c1-9-13(14(18)17-4-6-19-7-5-17)11-8-10(15)2-3-12(11)16-9/h2-3,8,16H,4-7H2,1H3. The largest absolute Gasteiger partial charge is 0.378 e. The Labute approximate surface area is 116 Å². The first kappa shape index (κ1) is 12.5. The summed E-state index contributed by atoms with van der Waals surface area (Å²) in [6.45, 7) is 4.42. The normalized spacial score (nSPS) is 16.0. The molecule has 0 atom stereocenters. The first-order valence-electron chi connectivity index (χ1n) is 6.31. The number of benzene rings is 1. The number of halogens is 1. The van der Waals surface area contributed by atoms with E-state index in [1.807, 2.05) is 30.0 Å². The van der Waals surface area contributed by atoms with E-state index in [0.717, 1.165) is 22.2 Å². The van der Waals surface area contributed by atoms with Crippen molar-refractivity contribution in [2.75, 3.05) is 26.3 Å². The summed E-state index contributed by atoms with van der Waals surface area (Å²) in [6.07, 6.45) is 0. The number of rotatable bonds is 1. The van der Waals surface area contributed by atoms with E-state index in [-0.39, 0.29) is 5.91 Å². The highest BCUT2D eigenvalue weighted by Gasteiger charge is 2.23. The molecule has 100 valence electrons. The molecular weight excluding hydrogens is 264 g/mol. The van der Waals surface area contributed by atoms with Crippen molar-refractivity contribution >= 4 is 28.4 Å². The van der Waals surface area contributed by atoms with Gasteiger partial charge in [0.2, 0.25) is 0 Å². The fraction of sp³-hybridized carbons (Fsp3) is 0.357. The molecule has 1 saturated heterocycles. The van der Waals surface area contributed by atoms with Crippen LogP contribution in [0.2, 0.25) is 5.02 Å². The molecular formula is C14H15ClN2O2. The van der Waals surface area contributed by atoms with E-state index in [4.69, 9.17) is 16.3 Å². The van der Waals surface area contributed by atoms with Crippen molar-refractivity contribution in [1.82, 2.24) is 9.88 Å². The zero-order valence-electron chi connectivity index (χ0n) is 10.7. The summed E-state index contributed by atoms with van der Waals surface area (Å²) in [7, 11) is 0. The van der Waals surface area contributed by atoms with Crippen molar-refractivity contribution in [2.45, 2.75) is 6.92 Å². The monoisotopic (exact) mass is 278 g/mol. The van der Waals surface area contributed by atoms with Gasteiger partial charge in [0.25, 0.3) is 5.91 Å². The average molecular weight is 279 g/mol. The summed E-state index contributed by atoms with van der Waals surface area (Å²) >= 11 is 6.03. The van der Waals surface area contributed by atoms with Crippen LogP contribution in [0.3, 0.4) is 0 Å². The summed E-state index contributed by atoms with van der Waals surface area (Å²) in [6, 6.07) is 5.57. The second kappa shape index (κ2) is 4.87. The molecule has 1 fully saturated rings. The van der Waals surface area contributed by atoms with Gasteiger partial charge in [0.1, 0.15) is 0 Å². The van der Waals surface area contributed by atoms with Gasteiger partial charge in [-0.15, -0.1) is 0 Å². The van der Waals surface area contributed by atoms with E-state index in [0.29, 0.717) is 31.3 Å². The molecule has 19 heavy (non-hydrogen) atoms. The van der Waals surface area contributed by atoms with Gasteiger partial charge in [0.15, 0.2) is 0 Å². The minimum atomic E-state index is 0.0503. The zero-order valence-corrected chi connectivity index (χ0v) is 11.5. The Balaban J connectivity index is 2.05. The summed E-state index contributed by atoms with van der Waals surface area (Å²) < 4.78 is 5.28. The lowest BCUT2D eigenvalue weighted by Crippen LogP contribution is -2.40. The number of aromatic nitrogens is 1. The third kappa shape index (κ3) is 2.22. The van der Waals surface area contributed by atoms with Crippen molar-refractivity contribution in [3.05, 3.63) is 34.5 Å². The summed E-state index contributed by atoms with van der Waals surface area (Å²) in [5.74, 6) is 0.0503. The molecule has 1 amide bonds. The molecule has 1 aromatic heterocycles. The Hall–Kier alpha value is -1.52. The maximum atomic E-state index is 12.6. The molecule has 2 aromatic rings. The van der Waals surface area contributed by atoms with Gasteiger partial charge in [0.05, 0.1) is 18.8 Å². The molecule has 1 aliphatic rings. The number of carbonyl (C=O) groups is 1. The molecule has 2 heterocycles. The molecule has 0 bridgehead atoms. The molecule has 0 spiro atoms. The Kier molecular flexibility index (Phi) is 3.21. The number of hydrogen-bond donors (Lipinski definition) is 1. The average Bonchev–Trinajstić information content (AvgIpc) is 2.74. The highest BCUT2D eigenvalue weighted by atomic mass is 35.5. The van der Waals surface area contributed by atoms with E-state index in [1.54, 1.807) is 0 Å². The zero-order chi connectivity index (χ0) is 13.4. The molecule has 4 nitrogen and oxygen atoms in total. The third-order valence-corrected chi connectivity index (χ3v) is 3.70. The van der Waals surface area contributed by atoms with E-state index >= 15 is 0 Å². The second-order valence-electron chi connectivity index (χ2n) is 4.72. The molecule has 0 radical (unpaired) electrons. The predicted octanol–water partition coefficient (Wildman–Crippen LogP) is 2.60. The number of carbonyl (C=O) groups excluding carboxylic acids is 1. The van der Waals surface area contributed by atoms with Gasteiger partial charge in [-0.05, 0) is 25.1 Å². The number of aromatic amines is 1. The van der Waals surface area contributed by atoms with Gasteiger partial charge < -0.3 is 14.6 Å². The van der Waals surface area contributed by atoms with E-state index in [1.165, 1.54) is 0 Å². The number of nitrogens with zero attached hydrogens (tertiary/aromatic N) is 1. The second-order valence-corrected chi connectivity index (χ2v) is 5.16. The number of amides is 1. The van der Waals surface area contributed by atoms with Crippen LogP contribution in [0.5, 0.6) is 0 Å². The van der Waals surface area contributed by atoms with Gasteiger partial charge in [-0.2, -0.15) is 0 Å². The molecule has 3 rings (SSSR count). The Bertz CT molecular complexity index is 630. The fourth-order valence-electron chi connectivity index (χ4n) is 2.50. The van der Waals surface area contributed by atoms with Gasteiger partial charge in [-0.3, -0.25) is 4.79 Å². The van der Waals surface area contributed by atoms with Crippen LogP contribution < -0.4 is 0 Å².